The molecule has 0 fully saturated rings. The van der Waals surface area contributed by atoms with E-state index in [0.717, 1.165) is 11.1 Å². The number of aliphatic carboxylic acids is 1. The highest BCUT2D eigenvalue weighted by molar-refractivity contribution is 5.79. The lowest BCUT2D eigenvalue weighted by Gasteiger charge is -2.09. The average molecular weight is 318 g/mol. The summed E-state index contributed by atoms with van der Waals surface area (Å²) in [6.07, 6.45) is 1.68. The van der Waals surface area contributed by atoms with Crippen LogP contribution in [0.2, 0.25) is 0 Å². The van der Waals surface area contributed by atoms with Gasteiger partial charge in [-0.05, 0) is 13.0 Å². The largest absolute Gasteiger partial charge is 0.496 e. The predicted molar refractivity (Wildman–Crippen MR) is 80.9 cm³/mol. The van der Waals surface area contributed by atoms with E-state index in [1.165, 1.54) is 10.9 Å². The molecule has 2 rings (SSSR count). The van der Waals surface area contributed by atoms with E-state index in [-0.39, 0.29) is 25.4 Å². The van der Waals surface area contributed by atoms with Gasteiger partial charge in [0.25, 0.3) is 0 Å². The lowest BCUT2D eigenvalue weighted by Crippen LogP contribution is -2.25. The fourth-order valence-corrected chi connectivity index (χ4v) is 2.11. The van der Waals surface area contributed by atoms with Crippen molar-refractivity contribution < 1.29 is 19.4 Å². The molecular formula is C15H18N4O4. The minimum Gasteiger partial charge on any atom is -0.496 e. The number of ether oxygens (including phenoxy) is 1. The maximum absolute atomic E-state index is 12.0. The van der Waals surface area contributed by atoms with Crippen molar-refractivity contribution >= 4 is 11.9 Å². The van der Waals surface area contributed by atoms with Gasteiger partial charge in [-0.1, -0.05) is 22.9 Å². The zero-order chi connectivity index (χ0) is 16.8. The minimum atomic E-state index is -1.00. The molecular weight excluding hydrogens is 300 g/mol. The van der Waals surface area contributed by atoms with Gasteiger partial charge < -0.3 is 15.2 Å². The number of amides is 1. The highest BCUT2D eigenvalue weighted by Gasteiger charge is 2.10. The number of nitrogens with zero attached hydrogens (tertiary/aromatic N) is 3. The van der Waals surface area contributed by atoms with E-state index < -0.39 is 5.97 Å². The van der Waals surface area contributed by atoms with Crippen LogP contribution in [0.3, 0.4) is 0 Å². The lowest BCUT2D eigenvalue weighted by atomic mass is 10.1. The summed E-state index contributed by atoms with van der Waals surface area (Å²) >= 11 is 0. The van der Waals surface area contributed by atoms with Gasteiger partial charge in [-0.15, -0.1) is 5.10 Å². The molecule has 0 saturated heterocycles. The molecule has 0 bridgehead atoms. The van der Waals surface area contributed by atoms with Crippen LogP contribution in [0.1, 0.15) is 16.8 Å². The number of aryl methyl sites for hydroxylation is 1. The van der Waals surface area contributed by atoms with E-state index in [2.05, 4.69) is 15.6 Å². The zero-order valence-electron chi connectivity index (χ0n) is 12.9. The summed E-state index contributed by atoms with van der Waals surface area (Å²) in [6, 6.07) is 5.65. The maximum atomic E-state index is 12.0. The van der Waals surface area contributed by atoms with Crippen LogP contribution in [0, 0.1) is 6.92 Å². The number of hydrogen-bond acceptors (Lipinski definition) is 5. The summed E-state index contributed by atoms with van der Waals surface area (Å²) in [5.74, 6) is -0.517. The number of nitrogens with one attached hydrogen (secondary N) is 1. The third kappa shape index (κ3) is 4.80. The monoisotopic (exact) mass is 318 g/mol. The zero-order valence-corrected chi connectivity index (χ0v) is 12.9. The van der Waals surface area contributed by atoms with E-state index in [4.69, 9.17) is 9.84 Å². The Morgan fingerprint density at radius 2 is 2.17 bits per heavy atom. The number of carbonyl (C=O) groups excluding carboxylic acids is 1. The highest BCUT2D eigenvalue weighted by atomic mass is 16.5. The van der Waals surface area contributed by atoms with Crippen molar-refractivity contribution in [3.8, 4) is 5.75 Å². The molecule has 2 aromatic rings. The third-order valence-electron chi connectivity index (χ3n) is 3.14. The summed E-state index contributed by atoms with van der Waals surface area (Å²) in [7, 11) is 1.56. The summed E-state index contributed by atoms with van der Waals surface area (Å²) in [6.45, 7) is 1.87. The molecule has 0 aliphatic carbocycles. The van der Waals surface area contributed by atoms with Crippen LogP contribution < -0.4 is 10.1 Å². The number of methoxy groups -OCH3 is 1. The van der Waals surface area contributed by atoms with E-state index >= 15 is 0 Å². The number of rotatable bonds is 7. The van der Waals surface area contributed by atoms with Gasteiger partial charge in [0, 0.05) is 5.56 Å². The highest BCUT2D eigenvalue weighted by Crippen LogP contribution is 2.20. The van der Waals surface area contributed by atoms with Gasteiger partial charge in [0.05, 0.1) is 26.3 Å². The standard InChI is InChI=1S/C15H18N4O4/c1-10-3-4-13(23-2)11(5-10)6-14(20)16-7-12-8-19(18-17-12)9-15(21)22/h3-5,8H,6-7,9H2,1-2H3,(H,16,20)(H,21,22). The number of aromatic nitrogens is 3. The molecule has 1 aromatic heterocycles. The normalized spacial score (nSPS) is 10.3. The molecule has 0 aliphatic heterocycles. The Morgan fingerprint density at radius 1 is 1.39 bits per heavy atom. The maximum Gasteiger partial charge on any atom is 0.325 e. The first-order chi connectivity index (χ1) is 11.0. The Kier molecular flexibility index (Phi) is 5.29. The molecule has 0 saturated carbocycles. The first-order valence-corrected chi connectivity index (χ1v) is 6.99. The molecule has 1 heterocycles. The molecule has 8 heteroatoms. The number of carboxylic acid groups (broad SMARTS) is 1. The van der Waals surface area contributed by atoms with Crippen molar-refractivity contribution in [3.05, 3.63) is 41.2 Å². The van der Waals surface area contributed by atoms with Crippen LogP contribution in [-0.4, -0.2) is 39.1 Å². The fraction of sp³-hybridized carbons (Fsp3) is 0.333. The van der Waals surface area contributed by atoms with Gasteiger partial charge in [0.15, 0.2) is 0 Å². The van der Waals surface area contributed by atoms with Crippen molar-refractivity contribution in [3.63, 3.8) is 0 Å². The predicted octanol–water partition coefficient (Wildman–Crippen LogP) is 0.539. The first-order valence-electron chi connectivity index (χ1n) is 6.99. The number of hydrogen-bond donors (Lipinski definition) is 2. The van der Waals surface area contributed by atoms with Crippen LogP contribution in [0.5, 0.6) is 5.75 Å². The summed E-state index contributed by atoms with van der Waals surface area (Å²) < 4.78 is 6.44. The Morgan fingerprint density at radius 3 is 2.87 bits per heavy atom. The van der Waals surface area contributed by atoms with Crippen molar-refractivity contribution in [1.29, 1.82) is 0 Å². The third-order valence-corrected chi connectivity index (χ3v) is 3.14. The Hall–Kier alpha value is -2.90. The molecule has 1 aromatic carbocycles. The van der Waals surface area contributed by atoms with Gasteiger partial charge in [0.2, 0.25) is 5.91 Å². The quantitative estimate of drug-likeness (QED) is 0.771. The molecule has 1 amide bonds. The van der Waals surface area contributed by atoms with Crippen LogP contribution in [0.15, 0.2) is 24.4 Å². The van der Waals surface area contributed by atoms with Crippen molar-refractivity contribution in [2.75, 3.05) is 7.11 Å². The Labute approximate surface area is 133 Å². The van der Waals surface area contributed by atoms with E-state index in [0.29, 0.717) is 11.4 Å². The molecule has 0 atom stereocenters. The lowest BCUT2D eigenvalue weighted by molar-refractivity contribution is -0.138. The molecule has 8 nitrogen and oxygen atoms in total. The summed E-state index contributed by atoms with van der Waals surface area (Å²) in [5.41, 5.74) is 2.35. The van der Waals surface area contributed by atoms with Gasteiger partial charge in [-0.2, -0.15) is 0 Å². The molecule has 0 aliphatic rings. The topological polar surface area (TPSA) is 106 Å². The van der Waals surface area contributed by atoms with Gasteiger partial charge in [-0.3, -0.25) is 9.59 Å². The summed E-state index contributed by atoms with van der Waals surface area (Å²) in [5, 5.41) is 18.9. The van der Waals surface area contributed by atoms with Gasteiger partial charge >= 0.3 is 5.97 Å². The average Bonchev–Trinajstić information content (AvgIpc) is 2.92. The molecule has 0 spiro atoms. The van der Waals surface area contributed by atoms with E-state index in [1.54, 1.807) is 7.11 Å². The van der Waals surface area contributed by atoms with Crippen LogP contribution in [-0.2, 0) is 29.1 Å². The van der Waals surface area contributed by atoms with E-state index in [1.807, 2.05) is 25.1 Å². The smallest absolute Gasteiger partial charge is 0.325 e. The van der Waals surface area contributed by atoms with Gasteiger partial charge in [-0.25, -0.2) is 4.68 Å². The molecule has 0 radical (unpaired) electrons. The second kappa shape index (κ2) is 7.39. The van der Waals surface area contributed by atoms with Crippen molar-refractivity contribution in [1.82, 2.24) is 20.3 Å². The second-order valence-electron chi connectivity index (χ2n) is 5.07. The van der Waals surface area contributed by atoms with Crippen LogP contribution in [0.25, 0.3) is 0 Å². The van der Waals surface area contributed by atoms with Crippen LogP contribution >= 0.6 is 0 Å². The molecule has 23 heavy (non-hydrogen) atoms. The van der Waals surface area contributed by atoms with Crippen LogP contribution in [0.4, 0.5) is 0 Å². The Bertz CT molecular complexity index is 711. The molecule has 0 unspecified atom stereocenters. The SMILES string of the molecule is COc1ccc(C)cc1CC(=O)NCc1cn(CC(=O)O)nn1. The molecule has 2 N–H and O–H groups in total. The molecule has 122 valence electrons. The number of carboxylic acids is 1. The fourth-order valence-electron chi connectivity index (χ4n) is 2.11. The number of benzene rings is 1. The van der Waals surface area contributed by atoms with Gasteiger partial charge in [0.1, 0.15) is 18.0 Å². The Balaban J connectivity index is 1.91. The van der Waals surface area contributed by atoms with Crippen molar-refractivity contribution in [2.24, 2.45) is 0 Å². The summed E-state index contributed by atoms with van der Waals surface area (Å²) in [4.78, 5) is 22.6. The van der Waals surface area contributed by atoms with E-state index in [9.17, 15) is 9.59 Å². The minimum absolute atomic E-state index is 0.179. The van der Waals surface area contributed by atoms with Crippen molar-refractivity contribution in [2.45, 2.75) is 26.4 Å². The second-order valence-corrected chi connectivity index (χ2v) is 5.07. The number of carbonyl (C=O) groups is 2. The first kappa shape index (κ1) is 16.5.